The standard InChI is InChI=1S/C14H19BrClNO/c1-10-5-6-17(9-13(10)16)8-11-3-4-14(18-2)12(15)7-11/h3-4,7,10,13H,5-6,8-9H2,1-2H3. The first-order valence-electron chi connectivity index (χ1n) is 6.29. The van der Waals surface area contributed by atoms with Gasteiger partial charge in [-0.2, -0.15) is 0 Å². The van der Waals surface area contributed by atoms with Crippen molar-refractivity contribution < 1.29 is 4.74 Å². The van der Waals surface area contributed by atoms with Crippen LogP contribution in [0.15, 0.2) is 22.7 Å². The fourth-order valence-corrected chi connectivity index (χ4v) is 3.20. The van der Waals surface area contributed by atoms with Crippen LogP contribution in [0.1, 0.15) is 18.9 Å². The topological polar surface area (TPSA) is 12.5 Å². The Kier molecular flexibility index (Phi) is 4.93. The Labute approximate surface area is 122 Å². The molecule has 0 aliphatic carbocycles. The first-order chi connectivity index (χ1) is 8.60. The van der Waals surface area contributed by atoms with E-state index >= 15 is 0 Å². The third kappa shape index (κ3) is 3.40. The van der Waals surface area contributed by atoms with Crippen LogP contribution in [0.2, 0.25) is 0 Å². The highest BCUT2D eigenvalue weighted by atomic mass is 79.9. The zero-order chi connectivity index (χ0) is 13.1. The first-order valence-corrected chi connectivity index (χ1v) is 7.52. The predicted octanol–water partition coefficient (Wildman–Crippen LogP) is 3.91. The molecule has 18 heavy (non-hydrogen) atoms. The van der Waals surface area contributed by atoms with Crippen molar-refractivity contribution in [3.8, 4) is 5.75 Å². The molecule has 1 aromatic carbocycles. The molecule has 0 N–H and O–H groups in total. The van der Waals surface area contributed by atoms with Crippen LogP contribution in [0.3, 0.4) is 0 Å². The van der Waals surface area contributed by atoms with E-state index in [1.807, 2.05) is 6.07 Å². The summed E-state index contributed by atoms with van der Waals surface area (Å²) in [6.07, 6.45) is 1.19. The third-order valence-electron chi connectivity index (χ3n) is 3.57. The van der Waals surface area contributed by atoms with Gasteiger partial charge in [-0.05, 0) is 52.5 Å². The average Bonchev–Trinajstić information content (AvgIpc) is 2.34. The number of likely N-dealkylation sites (tertiary alicyclic amines) is 1. The van der Waals surface area contributed by atoms with E-state index < -0.39 is 0 Å². The maximum Gasteiger partial charge on any atom is 0.133 e. The molecule has 2 unspecified atom stereocenters. The largest absolute Gasteiger partial charge is 0.496 e. The smallest absolute Gasteiger partial charge is 0.133 e. The van der Waals surface area contributed by atoms with Crippen molar-refractivity contribution in [1.29, 1.82) is 0 Å². The van der Waals surface area contributed by atoms with Crippen molar-refractivity contribution in [1.82, 2.24) is 4.90 Å². The minimum absolute atomic E-state index is 0.278. The van der Waals surface area contributed by atoms with E-state index in [0.717, 1.165) is 29.9 Å². The molecule has 0 amide bonds. The molecule has 0 saturated carbocycles. The molecule has 2 rings (SSSR count). The molecular formula is C14H19BrClNO. The highest BCUT2D eigenvalue weighted by Gasteiger charge is 2.24. The summed E-state index contributed by atoms with van der Waals surface area (Å²) in [4.78, 5) is 2.42. The van der Waals surface area contributed by atoms with Gasteiger partial charge < -0.3 is 4.74 Å². The fourth-order valence-electron chi connectivity index (χ4n) is 2.29. The number of alkyl halides is 1. The van der Waals surface area contributed by atoms with E-state index in [9.17, 15) is 0 Å². The van der Waals surface area contributed by atoms with Gasteiger partial charge in [-0.3, -0.25) is 4.90 Å². The van der Waals surface area contributed by atoms with Crippen molar-refractivity contribution >= 4 is 27.5 Å². The zero-order valence-electron chi connectivity index (χ0n) is 10.8. The molecule has 4 heteroatoms. The predicted molar refractivity (Wildman–Crippen MR) is 79.4 cm³/mol. The van der Waals surface area contributed by atoms with Gasteiger partial charge >= 0.3 is 0 Å². The van der Waals surface area contributed by atoms with E-state index in [-0.39, 0.29) is 5.38 Å². The Balaban J connectivity index is 1.99. The van der Waals surface area contributed by atoms with Crippen molar-refractivity contribution in [3.63, 3.8) is 0 Å². The summed E-state index contributed by atoms with van der Waals surface area (Å²) >= 11 is 9.86. The average molecular weight is 333 g/mol. The Morgan fingerprint density at radius 2 is 2.28 bits per heavy atom. The summed E-state index contributed by atoms with van der Waals surface area (Å²) in [7, 11) is 1.68. The lowest BCUT2D eigenvalue weighted by molar-refractivity contribution is 0.189. The molecular weight excluding hydrogens is 314 g/mol. The monoisotopic (exact) mass is 331 g/mol. The van der Waals surface area contributed by atoms with E-state index in [1.165, 1.54) is 12.0 Å². The second-order valence-electron chi connectivity index (χ2n) is 4.99. The Morgan fingerprint density at radius 3 is 2.89 bits per heavy atom. The molecule has 1 saturated heterocycles. The summed E-state index contributed by atoms with van der Waals surface area (Å²) < 4.78 is 6.25. The second-order valence-corrected chi connectivity index (χ2v) is 6.40. The molecule has 2 atom stereocenters. The second kappa shape index (κ2) is 6.27. The number of piperidine rings is 1. The van der Waals surface area contributed by atoms with E-state index in [2.05, 4.69) is 39.9 Å². The van der Waals surface area contributed by atoms with Crippen LogP contribution in [0.4, 0.5) is 0 Å². The van der Waals surface area contributed by atoms with Crippen molar-refractivity contribution in [3.05, 3.63) is 28.2 Å². The summed E-state index contributed by atoms with van der Waals surface area (Å²) in [6.45, 7) is 5.30. The lowest BCUT2D eigenvalue weighted by atomic mass is 9.98. The number of rotatable bonds is 3. The molecule has 0 radical (unpaired) electrons. The number of benzene rings is 1. The molecule has 1 fully saturated rings. The maximum atomic E-state index is 6.34. The third-order valence-corrected chi connectivity index (χ3v) is 4.76. The number of hydrogen-bond acceptors (Lipinski definition) is 2. The molecule has 0 aromatic heterocycles. The minimum Gasteiger partial charge on any atom is -0.496 e. The van der Waals surface area contributed by atoms with Gasteiger partial charge in [-0.15, -0.1) is 11.6 Å². The van der Waals surface area contributed by atoms with Crippen LogP contribution in [-0.2, 0) is 6.54 Å². The van der Waals surface area contributed by atoms with Crippen molar-refractivity contribution in [2.45, 2.75) is 25.3 Å². The lowest BCUT2D eigenvalue weighted by Crippen LogP contribution is -2.39. The summed E-state index contributed by atoms with van der Waals surface area (Å²) in [5, 5.41) is 0.278. The number of nitrogens with zero attached hydrogens (tertiary/aromatic N) is 1. The van der Waals surface area contributed by atoms with Gasteiger partial charge in [0.25, 0.3) is 0 Å². The molecule has 100 valence electrons. The summed E-state index contributed by atoms with van der Waals surface area (Å²) in [5.74, 6) is 1.51. The summed E-state index contributed by atoms with van der Waals surface area (Å²) in [5.41, 5.74) is 1.29. The van der Waals surface area contributed by atoms with Crippen LogP contribution >= 0.6 is 27.5 Å². The Morgan fingerprint density at radius 1 is 1.50 bits per heavy atom. The summed E-state index contributed by atoms with van der Waals surface area (Å²) in [6, 6.07) is 6.25. The van der Waals surface area contributed by atoms with Gasteiger partial charge in [0.15, 0.2) is 0 Å². The van der Waals surface area contributed by atoms with Crippen LogP contribution in [-0.4, -0.2) is 30.5 Å². The van der Waals surface area contributed by atoms with Crippen LogP contribution in [0.5, 0.6) is 5.75 Å². The highest BCUT2D eigenvalue weighted by Crippen LogP contribution is 2.27. The number of ether oxygens (including phenoxy) is 1. The van der Waals surface area contributed by atoms with E-state index in [4.69, 9.17) is 16.3 Å². The van der Waals surface area contributed by atoms with Crippen molar-refractivity contribution in [2.24, 2.45) is 5.92 Å². The molecule has 1 heterocycles. The van der Waals surface area contributed by atoms with Gasteiger partial charge in [0.05, 0.1) is 11.6 Å². The van der Waals surface area contributed by atoms with Crippen LogP contribution in [0.25, 0.3) is 0 Å². The molecule has 2 nitrogen and oxygen atoms in total. The molecule has 1 aliphatic rings. The number of hydrogen-bond donors (Lipinski definition) is 0. The van der Waals surface area contributed by atoms with Gasteiger partial charge in [-0.25, -0.2) is 0 Å². The Bertz CT molecular complexity index is 413. The molecule has 0 bridgehead atoms. The first kappa shape index (κ1) is 14.2. The van der Waals surface area contributed by atoms with Crippen LogP contribution in [0, 0.1) is 5.92 Å². The fraction of sp³-hybridized carbons (Fsp3) is 0.571. The number of halogens is 2. The van der Waals surface area contributed by atoms with E-state index in [1.54, 1.807) is 7.11 Å². The minimum atomic E-state index is 0.278. The van der Waals surface area contributed by atoms with Gasteiger partial charge in [-0.1, -0.05) is 13.0 Å². The maximum absolute atomic E-state index is 6.34. The van der Waals surface area contributed by atoms with E-state index in [0.29, 0.717) is 5.92 Å². The SMILES string of the molecule is COc1ccc(CN2CCC(C)C(Cl)C2)cc1Br. The molecule has 0 spiro atoms. The number of methoxy groups -OCH3 is 1. The molecule has 1 aliphatic heterocycles. The van der Waals surface area contributed by atoms with Crippen LogP contribution < -0.4 is 4.74 Å². The van der Waals surface area contributed by atoms with Gasteiger partial charge in [0.1, 0.15) is 5.75 Å². The molecule has 1 aromatic rings. The van der Waals surface area contributed by atoms with Crippen molar-refractivity contribution in [2.75, 3.05) is 20.2 Å². The van der Waals surface area contributed by atoms with Gasteiger partial charge in [0.2, 0.25) is 0 Å². The van der Waals surface area contributed by atoms with Gasteiger partial charge in [0, 0.05) is 18.5 Å². The zero-order valence-corrected chi connectivity index (χ0v) is 13.2. The Hall–Kier alpha value is -0.250. The highest BCUT2D eigenvalue weighted by molar-refractivity contribution is 9.10. The lowest BCUT2D eigenvalue weighted by Gasteiger charge is -2.34. The normalized spacial score (nSPS) is 25.1. The quantitative estimate of drug-likeness (QED) is 0.778.